The first-order valence-corrected chi connectivity index (χ1v) is 11.4. The molecule has 1 aliphatic heterocycles. The topological polar surface area (TPSA) is 66.9 Å². The molecule has 1 aromatic heterocycles. The van der Waals surface area contributed by atoms with Gasteiger partial charge < -0.3 is 24.6 Å². The number of methoxy groups -OCH3 is 2. The molecular weight excluding hydrogens is 416 g/mol. The molecule has 0 saturated carbocycles. The van der Waals surface area contributed by atoms with Crippen LogP contribution in [0.4, 0.5) is 0 Å². The molecule has 3 aromatic rings. The molecule has 0 aliphatic carbocycles. The molecule has 2 heterocycles. The van der Waals surface area contributed by atoms with Gasteiger partial charge in [0.1, 0.15) is 0 Å². The molecule has 0 spiro atoms. The van der Waals surface area contributed by atoms with Crippen molar-refractivity contribution in [1.29, 1.82) is 0 Å². The van der Waals surface area contributed by atoms with E-state index in [1.165, 1.54) is 0 Å². The van der Waals surface area contributed by atoms with Gasteiger partial charge in [-0.25, -0.2) is 4.98 Å². The van der Waals surface area contributed by atoms with E-state index in [-0.39, 0.29) is 5.91 Å². The number of carbonyl (C=O) groups excluding carboxylic acids is 1. The molecule has 1 saturated heterocycles. The number of carbonyl (C=O) groups is 1. The maximum absolute atomic E-state index is 13.2. The van der Waals surface area contributed by atoms with Crippen molar-refractivity contribution in [3.05, 3.63) is 54.1 Å². The predicted octanol–water partition coefficient (Wildman–Crippen LogP) is 3.29. The smallest absolute Gasteiger partial charge is 0.252 e. The Morgan fingerprint density at radius 1 is 1.00 bits per heavy atom. The Morgan fingerprint density at radius 2 is 1.76 bits per heavy atom. The lowest BCUT2D eigenvalue weighted by Crippen LogP contribution is -2.45. The Hall–Kier alpha value is -3.16. The van der Waals surface area contributed by atoms with Crippen LogP contribution in [0.1, 0.15) is 16.8 Å². The number of benzene rings is 2. The molecule has 1 N–H and O–H groups in total. The zero-order valence-electron chi connectivity index (χ0n) is 19.6. The SMILES string of the molecule is COc1ccc(-c2cc(C(=O)NCCCN3CCN(C)CC3)c3ccccc3n2)cc1OC. The summed E-state index contributed by atoms with van der Waals surface area (Å²) in [5.41, 5.74) is 3.00. The van der Waals surface area contributed by atoms with Gasteiger partial charge in [-0.2, -0.15) is 0 Å². The summed E-state index contributed by atoms with van der Waals surface area (Å²) in [6.07, 6.45) is 0.932. The normalized spacial score (nSPS) is 14.9. The molecule has 7 nitrogen and oxygen atoms in total. The number of hydrogen-bond acceptors (Lipinski definition) is 6. The quantitative estimate of drug-likeness (QED) is 0.534. The minimum absolute atomic E-state index is 0.0753. The van der Waals surface area contributed by atoms with Gasteiger partial charge in [-0.15, -0.1) is 0 Å². The van der Waals surface area contributed by atoms with Crippen molar-refractivity contribution in [2.24, 2.45) is 0 Å². The van der Waals surface area contributed by atoms with E-state index in [4.69, 9.17) is 14.5 Å². The summed E-state index contributed by atoms with van der Waals surface area (Å²) < 4.78 is 10.8. The number of amides is 1. The molecule has 4 rings (SSSR count). The fraction of sp³-hybridized carbons (Fsp3) is 0.385. The number of para-hydroxylation sites is 1. The average Bonchev–Trinajstić information content (AvgIpc) is 2.86. The summed E-state index contributed by atoms with van der Waals surface area (Å²) >= 11 is 0. The molecule has 0 radical (unpaired) electrons. The van der Waals surface area contributed by atoms with Gasteiger partial charge in [0, 0.05) is 43.7 Å². The average molecular weight is 449 g/mol. The van der Waals surface area contributed by atoms with Crippen LogP contribution in [0.25, 0.3) is 22.2 Å². The maximum Gasteiger partial charge on any atom is 0.252 e. The number of fused-ring (bicyclic) bond motifs is 1. The highest BCUT2D eigenvalue weighted by atomic mass is 16.5. The van der Waals surface area contributed by atoms with Crippen molar-refractivity contribution in [3.8, 4) is 22.8 Å². The maximum atomic E-state index is 13.2. The molecule has 0 atom stereocenters. The van der Waals surface area contributed by atoms with E-state index in [0.717, 1.165) is 61.3 Å². The lowest BCUT2D eigenvalue weighted by molar-refractivity contribution is 0.0951. The van der Waals surface area contributed by atoms with Crippen molar-refractivity contribution >= 4 is 16.8 Å². The lowest BCUT2D eigenvalue weighted by Gasteiger charge is -2.32. The zero-order chi connectivity index (χ0) is 23.2. The first-order valence-electron chi connectivity index (χ1n) is 11.4. The Bertz CT molecular complexity index is 1110. The van der Waals surface area contributed by atoms with Gasteiger partial charge in [-0.1, -0.05) is 18.2 Å². The van der Waals surface area contributed by atoms with Gasteiger partial charge in [0.05, 0.1) is 31.0 Å². The third kappa shape index (κ3) is 5.43. The summed E-state index contributed by atoms with van der Waals surface area (Å²) in [4.78, 5) is 22.8. The second-order valence-electron chi connectivity index (χ2n) is 8.40. The highest BCUT2D eigenvalue weighted by Gasteiger charge is 2.16. The minimum atomic E-state index is -0.0753. The second-order valence-corrected chi connectivity index (χ2v) is 8.40. The van der Waals surface area contributed by atoms with Gasteiger partial charge in [-0.3, -0.25) is 4.79 Å². The fourth-order valence-electron chi connectivity index (χ4n) is 4.18. The summed E-state index contributed by atoms with van der Waals surface area (Å²) in [5.74, 6) is 1.20. The molecule has 1 aliphatic rings. The number of nitrogens with one attached hydrogen (secondary N) is 1. The van der Waals surface area contributed by atoms with Crippen LogP contribution in [0.15, 0.2) is 48.5 Å². The van der Waals surface area contributed by atoms with Crippen LogP contribution in [0.3, 0.4) is 0 Å². The third-order valence-corrected chi connectivity index (χ3v) is 6.17. The molecule has 0 bridgehead atoms. The Labute approximate surface area is 195 Å². The Kier molecular flexibility index (Phi) is 7.42. The summed E-state index contributed by atoms with van der Waals surface area (Å²) in [6.45, 7) is 6.04. The van der Waals surface area contributed by atoms with Crippen LogP contribution >= 0.6 is 0 Å². The van der Waals surface area contributed by atoms with Gasteiger partial charge in [0.25, 0.3) is 5.91 Å². The monoisotopic (exact) mass is 448 g/mol. The van der Waals surface area contributed by atoms with Crippen molar-refractivity contribution in [2.75, 3.05) is 60.5 Å². The number of piperazine rings is 1. The molecule has 0 unspecified atom stereocenters. The van der Waals surface area contributed by atoms with Gasteiger partial charge in [0.15, 0.2) is 11.5 Å². The zero-order valence-corrected chi connectivity index (χ0v) is 19.6. The molecule has 2 aromatic carbocycles. The van der Waals surface area contributed by atoms with E-state index in [2.05, 4.69) is 22.2 Å². The summed E-state index contributed by atoms with van der Waals surface area (Å²) in [5, 5.41) is 3.96. The van der Waals surface area contributed by atoms with Crippen molar-refractivity contribution < 1.29 is 14.3 Å². The van der Waals surface area contributed by atoms with E-state index >= 15 is 0 Å². The highest BCUT2D eigenvalue weighted by molar-refractivity contribution is 6.07. The number of aromatic nitrogens is 1. The van der Waals surface area contributed by atoms with E-state index in [1.807, 2.05) is 48.5 Å². The Morgan fingerprint density at radius 3 is 2.52 bits per heavy atom. The van der Waals surface area contributed by atoms with Crippen molar-refractivity contribution in [3.63, 3.8) is 0 Å². The van der Waals surface area contributed by atoms with Gasteiger partial charge in [0.2, 0.25) is 0 Å². The molecule has 33 heavy (non-hydrogen) atoms. The summed E-state index contributed by atoms with van der Waals surface area (Å²) in [7, 11) is 5.38. The van der Waals surface area contributed by atoms with Crippen molar-refractivity contribution in [2.45, 2.75) is 6.42 Å². The summed E-state index contributed by atoms with van der Waals surface area (Å²) in [6, 6.07) is 15.3. The number of nitrogens with zero attached hydrogens (tertiary/aromatic N) is 3. The van der Waals surface area contributed by atoms with Crippen LogP contribution in [0.5, 0.6) is 11.5 Å². The number of ether oxygens (including phenoxy) is 2. The molecule has 7 heteroatoms. The fourth-order valence-corrected chi connectivity index (χ4v) is 4.18. The van der Waals surface area contributed by atoms with E-state index in [1.54, 1.807) is 14.2 Å². The van der Waals surface area contributed by atoms with E-state index in [9.17, 15) is 4.79 Å². The number of rotatable bonds is 8. The van der Waals surface area contributed by atoms with Gasteiger partial charge >= 0.3 is 0 Å². The molecule has 1 amide bonds. The highest BCUT2D eigenvalue weighted by Crippen LogP contribution is 2.33. The molecular formula is C26H32N4O3. The first-order chi connectivity index (χ1) is 16.1. The molecule has 1 fully saturated rings. The number of hydrogen-bond donors (Lipinski definition) is 1. The van der Waals surface area contributed by atoms with Crippen LogP contribution in [-0.2, 0) is 0 Å². The van der Waals surface area contributed by atoms with Crippen LogP contribution < -0.4 is 14.8 Å². The van der Waals surface area contributed by atoms with Crippen LogP contribution in [0.2, 0.25) is 0 Å². The third-order valence-electron chi connectivity index (χ3n) is 6.17. The molecule has 174 valence electrons. The van der Waals surface area contributed by atoms with Crippen molar-refractivity contribution in [1.82, 2.24) is 20.1 Å². The lowest BCUT2D eigenvalue weighted by atomic mass is 10.0. The second kappa shape index (κ2) is 10.6. The van der Waals surface area contributed by atoms with Crippen LogP contribution in [0, 0.1) is 0 Å². The van der Waals surface area contributed by atoms with Crippen LogP contribution in [-0.4, -0.2) is 81.2 Å². The minimum Gasteiger partial charge on any atom is -0.493 e. The first kappa shape index (κ1) is 23.0. The Balaban J connectivity index is 1.51. The van der Waals surface area contributed by atoms with E-state index < -0.39 is 0 Å². The van der Waals surface area contributed by atoms with E-state index in [0.29, 0.717) is 23.6 Å². The number of pyridine rings is 1. The standard InChI is InChI=1S/C26H32N4O3/c1-29-13-15-30(16-14-29)12-6-11-27-26(31)21-18-23(28-22-8-5-4-7-20(21)22)19-9-10-24(32-2)25(17-19)33-3/h4-5,7-10,17-18H,6,11-16H2,1-3H3,(H,27,31). The number of likely N-dealkylation sites (N-methyl/N-ethyl adjacent to an activating group) is 1. The predicted molar refractivity (Wildman–Crippen MR) is 131 cm³/mol. The van der Waals surface area contributed by atoms with Gasteiger partial charge in [-0.05, 0) is 50.3 Å². The largest absolute Gasteiger partial charge is 0.493 e.